The second-order valence-corrected chi connectivity index (χ2v) is 2.45. The first kappa shape index (κ1) is 7.28. The average molecular weight is 155 g/mol. The molecule has 10 heavy (non-hydrogen) atoms. The first-order valence-electron chi connectivity index (χ1n) is 2.98. The van der Waals surface area contributed by atoms with E-state index in [1.54, 1.807) is 7.11 Å². The van der Waals surface area contributed by atoms with Gasteiger partial charge in [0.05, 0.1) is 7.11 Å². The van der Waals surface area contributed by atoms with Crippen molar-refractivity contribution < 1.29 is 4.74 Å². The Hall–Kier alpha value is -0.830. The minimum Gasteiger partial charge on any atom is -0.482 e. The van der Waals surface area contributed by atoms with Crippen LogP contribution in [0.3, 0.4) is 0 Å². The van der Waals surface area contributed by atoms with Crippen molar-refractivity contribution in [3.63, 3.8) is 0 Å². The standard InChI is InChI=1S/C7H9NOS/c1-5-3-4-6(9-2)8-7(5)10/h3-4H,1-2H3,(H,8,10). The maximum absolute atomic E-state index is 4.97. The van der Waals surface area contributed by atoms with E-state index in [-0.39, 0.29) is 0 Å². The van der Waals surface area contributed by atoms with Crippen LogP contribution in [0.2, 0.25) is 0 Å². The van der Waals surface area contributed by atoms with Gasteiger partial charge in [0.25, 0.3) is 0 Å². The fourth-order valence-corrected chi connectivity index (χ4v) is 0.816. The summed E-state index contributed by atoms with van der Waals surface area (Å²) in [5.74, 6) is 0.704. The normalized spacial score (nSPS) is 9.40. The van der Waals surface area contributed by atoms with Crippen LogP contribution in [-0.2, 0) is 0 Å². The lowest BCUT2D eigenvalue weighted by Gasteiger charge is -1.98. The van der Waals surface area contributed by atoms with E-state index in [0.717, 1.165) is 10.2 Å². The third-order valence-electron chi connectivity index (χ3n) is 1.30. The van der Waals surface area contributed by atoms with Crippen molar-refractivity contribution in [2.24, 2.45) is 0 Å². The molecule has 0 atom stereocenters. The zero-order chi connectivity index (χ0) is 7.56. The molecular formula is C7H9NOS. The second-order valence-electron chi connectivity index (χ2n) is 2.04. The molecule has 54 valence electrons. The largest absolute Gasteiger partial charge is 0.482 e. The fraction of sp³-hybridized carbons (Fsp3) is 0.286. The monoisotopic (exact) mass is 155 g/mol. The SMILES string of the molecule is COc1ccc(C)c(=S)[nH]1. The molecule has 1 N–H and O–H groups in total. The summed E-state index contributed by atoms with van der Waals surface area (Å²) < 4.78 is 5.66. The molecule has 0 aliphatic carbocycles. The van der Waals surface area contributed by atoms with E-state index < -0.39 is 0 Å². The molecule has 0 radical (unpaired) electrons. The molecule has 0 saturated heterocycles. The smallest absolute Gasteiger partial charge is 0.191 e. The Morgan fingerprint density at radius 3 is 2.70 bits per heavy atom. The quantitative estimate of drug-likeness (QED) is 0.628. The fourth-order valence-electron chi connectivity index (χ4n) is 0.648. The molecule has 0 fully saturated rings. The Kier molecular flexibility index (Phi) is 2.06. The average Bonchev–Trinajstić information content (AvgIpc) is 1.95. The van der Waals surface area contributed by atoms with Gasteiger partial charge >= 0.3 is 0 Å². The molecule has 0 saturated carbocycles. The summed E-state index contributed by atoms with van der Waals surface area (Å²) in [7, 11) is 1.61. The van der Waals surface area contributed by atoms with Crippen LogP contribution in [0.25, 0.3) is 0 Å². The molecule has 1 heterocycles. The Morgan fingerprint density at radius 1 is 1.50 bits per heavy atom. The summed E-state index contributed by atoms with van der Waals surface area (Å²) >= 11 is 4.97. The molecule has 1 rings (SSSR count). The molecule has 1 aromatic rings. The number of pyridine rings is 1. The highest BCUT2D eigenvalue weighted by Crippen LogP contribution is 2.06. The first-order chi connectivity index (χ1) is 4.74. The zero-order valence-corrected chi connectivity index (χ0v) is 6.79. The predicted molar refractivity (Wildman–Crippen MR) is 42.9 cm³/mol. The van der Waals surface area contributed by atoms with Crippen molar-refractivity contribution in [2.75, 3.05) is 7.11 Å². The molecular weight excluding hydrogens is 146 g/mol. The topological polar surface area (TPSA) is 25.0 Å². The van der Waals surface area contributed by atoms with Gasteiger partial charge in [-0.25, -0.2) is 0 Å². The third-order valence-corrected chi connectivity index (χ3v) is 1.72. The molecule has 0 amide bonds. The van der Waals surface area contributed by atoms with Crippen LogP contribution in [0.1, 0.15) is 5.56 Å². The number of hydrogen-bond acceptors (Lipinski definition) is 2. The Bertz CT molecular complexity index is 279. The van der Waals surface area contributed by atoms with Crippen LogP contribution in [0.5, 0.6) is 5.88 Å². The minimum atomic E-state index is 0.704. The number of ether oxygens (including phenoxy) is 1. The molecule has 0 aliphatic heterocycles. The molecule has 0 unspecified atom stereocenters. The lowest BCUT2D eigenvalue weighted by atomic mass is 10.3. The van der Waals surface area contributed by atoms with Gasteiger partial charge in [-0.15, -0.1) is 0 Å². The van der Waals surface area contributed by atoms with Crippen LogP contribution in [0.4, 0.5) is 0 Å². The third kappa shape index (κ3) is 1.36. The van der Waals surface area contributed by atoms with Crippen LogP contribution in [0.15, 0.2) is 12.1 Å². The lowest BCUT2D eigenvalue weighted by molar-refractivity contribution is 0.397. The van der Waals surface area contributed by atoms with Gasteiger partial charge in [0.1, 0.15) is 4.64 Å². The van der Waals surface area contributed by atoms with Crippen molar-refractivity contribution in [1.82, 2.24) is 4.98 Å². The molecule has 2 nitrogen and oxygen atoms in total. The number of H-pyrrole nitrogens is 1. The number of methoxy groups -OCH3 is 1. The minimum absolute atomic E-state index is 0.704. The van der Waals surface area contributed by atoms with Gasteiger partial charge in [0.2, 0.25) is 0 Å². The highest BCUT2D eigenvalue weighted by molar-refractivity contribution is 7.71. The molecule has 0 aliphatic rings. The number of aromatic amines is 1. The molecule has 0 aromatic carbocycles. The van der Waals surface area contributed by atoms with Gasteiger partial charge in [-0.05, 0) is 18.6 Å². The van der Waals surface area contributed by atoms with E-state index in [2.05, 4.69) is 4.98 Å². The van der Waals surface area contributed by atoms with Gasteiger partial charge in [-0.2, -0.15) is 0 Å². The summed E-state index contributed by atoms with van der Waals surface area (Å²) in [4.78, 5) is 2.92. The summed E-state index contributed by atoms with van der Waals surface area (Å²) in [6, 6.07) is 3.78. The molecule has 0 bridgehead atoms. The molecule has 3 heteroatoms. The lowest BCUT2D eigenvalue weighted by Crippen LogP contribution is -1.87. The van der Waals surface area contributed by atoms with Gasteiger partial charge < -0.3 is 9.72 Å². The van der Waals surface area contributed by atoms with Crippen LogP contribution >= 0.6 is 12.2 Å². The van der Waals surface area contributed by atoms with Crippen LogP contribution in [-0.4, -0.2) is 12.1 Å². The van der Waals surface area contributed by atoms with Crippen molar-refractivity contribution in [1.29, 1.82) is 0 Å². The summed E-state index contributed by atoms with van der Waals surface area (Å²) in [6.45, 7) is 1.96. The van der Waals surface area contributed by atoms with Gasteiger partial charge in [-0.3, -0.25) is 0 Å². The Balaban J connectivity index is 3.17. The summed E-state index contributed by atoms with van der Waals surface area (Å²) in [5.41, 5.74) is 1.07. The predicted octanol–water partition coefficient (Wildman–Crippen LogP) is 2.06. The number of nitrogens with one attached hydrogen (secondary N) is 1. The van der Waals surface area contributed by atoms with E-state index in [9.17, 15) is 0 Å². The Labute approximate surface area is 64.9 Å². The van der Waals surface area contributed by atoms with Crippen molar-refractivity contribution >= 4 is 12.2 Å². The number of aromatic nitrogens is 1. The van der Waals surface area contributed by atoms with E-state index >= 15 is 0 Å². The van der Waals surface area contributed by atoms with Crippen molar-refractivity contribution in [3.8, 4) is 5.88 Å². The van der Waals surface area contributed by atoms with Crippen molar-refractivity contribution in [3.05, 3.63) is 22.3 Å². The first-order valence-corrected chi connectivity index (χ1v) is 3.39. The highest BCUT2D eigenvalue weighted by atomic mass is 32.1. The van der Waals surface area contributed by atoms with Gasteiger partial charge in [-0.1, -0.05) is 18.3 Å². The van der Waals surface area contributed by atoms with Crippen molar-refractivity contribution in [2.45, 2.75) is 6.92 Å². The Morgan fingerprint density at radius 2 is 2.20 bits per heavy atom. The van der Waals surface area contributed by atoms with Gasteiger partial charge in [0.15, 0.2) is 5.88 Å². The summed E-state index contributed by atoms with van der Waals surface area (Å²) in [6.07, 6.45) is 0. The van der Waals surface area contributed by atoms with Crippen LogP contribution < -0.4 is 4.74 Å². The highest BCUT2D eigenvalue weighted by Gasteiger charge is 1.90. The molecule has 0 spiro atoms. The zero-order valence-electron chi connectivity index (χ0n) is 5.97. The van der Waals surface area contributed by atoms with Crippen LogP contribution in [0, 0.1) is 11.6 Å². The summed E-state index contributed by atoms with van der Waals surface area (Å²) in [5, 5.41) is 0. The number of rotatable bonds is 1. The molecule has 1 aromatic heterocycles. The van der Waals surface area contributed by atoms with E-state index in [1.807, 2.05) is 19.1 Å². The second kappa shape index (κ2) is 2.84. The maximum Gasteiger partial charge on any atom is 0.191 e. The van der Waals surface area contributed by atoms with E-state index in [0.29, 0.717) is 5.88 Å². The number of aryl methyl sites for hydroxylation is 1. The van der Waals surface area contributed by atoms with Gasteiger partial charge in [0, 0.05) is 0 Å². The maximum atomic E-state index is 4.97. The van der Waals surface area contributed by atoms with E-state index in [4.69, 9.17) is 17.0 Å². The number of hydrogen-bond donors (Lipinski definition) is 1. The van der Waals surface area contributed by atoms with E-state index in [1.165, 1.54) is 0 Å².